The lowest BCUT2D eigenvalue weighted by atomic mass is 9.53. The Kier molecular flexibility index (Phi) is 7.59. The van der Waals surface area contributed by atoms with Crippen molar-refractivity contribution < 1.29 is 0 Å². The predicted octanol–water partition coefficient (Wildman–Crippen LogP) is 13.2. The minimum absolute atomic E-state index is 0.0937. The molecule has 6 aliphatic carbocycles. The highest BCUT2D eigenvalue weighted by Crippen LogP contribution is 2.68. The maximum atomic E-state index is 2.92. The van der Waals surface area contributed by atoms with Crippen molar-refractivity contribution in [3.05, 3.63) is 82.5 Å². The van der Waals surface area contributed by atoms with E-state index in [9.17, 15) is 0 Å². The summed E-state index contributed by atoms with van der Waals surface area (Å²) in [5, 5.41) is 0. The average Bonchev–Trinajstić information content (AvgIpc) is 3.55. The van der Waals surface area contributed by atoms with Crippen LogP contribution in [0.5, 0.6) is 0 Å². The molecule has 0 amide bonds. The minimum atomic E-state index is 0.0937. The number of rotatable bonds is 3. The van der Waals surface area contributed by atoms with Gasteiger partial charge < -0.3 is 0 Å². The van der Waals surface area contributed by atoms with Crippen molar-refractivity contribution in [2.24, 2.45) is 74.4 Å². The van der Waals surface area contributed by atoms with E-state index >= 15 is 0 Å². The molecule has 0 bridgehead atoms. The summed E-state index contributed by atoms with van der Waals surface area (Å²) in [5.74, 6) is 5.01. The van der Waals surface area contributed by atoms with E-state index in [4.69, 9.17) is 0 Å². The fraction of sp³-hybridized carbons (Fsp3) is 0.702. The van der Waals surface area contributed by atoms with Crippen molar-refractivity contribution in [1.82, 2.24) is 0 Å². The highest BCUT2D eigenvalue weighted by molar-refractivity contribution is 5.52. The van der Waals surface area contributed by atoms with Gasteiger partial charge in [0.15, 0.2) is 0 Å². The maximum absolute atomic E-state index is 2.92. The first-order valence-corrected chi connectivity index (χ1v) is 19.6. The monoisotopic (exact) mass is 633 g/mol. The van der Waals surface area contributed by atoms with Gasteiger partial charge in [-0.1, -0.05) is 145 Å². The molecular formula is C47H68. The zero-order valence-electron chi connectivity index (χ0n) is 32.6. The van der Waals surface area contributed by atoms with Crippen LogP contribution in [-0.2, 0) is 5.41 Å². The molecule has 1 aromatic carbocycles. The molecule has 0 aliphatic heterocycles. The third-order valence-electron chi connectivity index (χ3n) is 15.8. The van der Waals surface area contributed by atoms with Crippen LogP contribution in [0.1, 0.15) is 134 Å². The maximum Gasteiger partial charge on any atom is -0.000451 e. The van der Waals surface area contributed by atoms with E-state index in [1.165, 1.54) is 38.5 Å². The van der Waals surface area contributed by atoms with Gasteiger partial charge in [0.25, 0.3) is 0 Å². The summed E-state index contributed by atoms with van der Waals surface area (Å²) in [4.78, 5) is 0. The Hall–Kier alpha value is -1.82. The quantitative estimate of drug-likeness (QED) is 0.311. The Morgan fingerprint density at radius 2 is 0.915 bits per heavy atom. The van der Waals surface area contributed by atoms with Crippen molar-refractivity contribution in [3.63, 3.8) is 0 Å². The van der Waals surface area contributed by atoms with E-state index in [0.717, 1.165) is 11.8 Å². The molecule has 0 radical (unpaired) electrons. The average molecular weight is 633 g/mol. The molecule has 0 aromatic heterocycles. The summed E-state index contributed by atoms with van der Waals surface area (Å²) in [7, 11) is 0. The van der Waals surface area contributed by atoms with Crippen LogP contribution in [0.4, 0.5) is 0 Å². The molecule has 0 saturated heterocycles. The van der Waals surface area contributed by atoms with Crippen molar-refractivity contribution in [2.45, 2.75) is 134 Å². The van der Waals surface area contributed by atoms with Gasteiger partial charge in [0.2, 0.25) is 0 Å². The number of allylic oxidation sites excluding steroid dienone is 8. The van der Waals surface area contributed by atoms with Gasteiger partial charge in [0, 0.05) is 0 Å². The third kappa shape index (κ3) is 5.10. The van der Waals surface area contributed by atoms with Crippen LogP contribution in [-0.4, -0.2) is 0 Å². The van der Waals surface area contributed by atoms with Gasteiger partial charge in [0.05, 0.1) is 0 Å². The van der Waals surface area contributed by atoms with Crippen LogP contribution in [0.3, 0.4) is 0 Å². The Morgan fingerprint density at radius 3 is 1.28 bits per heavy atom. The van der Waals surface area contributed by atoms with E-state index in [1.807, 2.05) is 0 Å². The summed E-state index contributed by atoms with van der Waals surface area (Å²) >= 11 is 0. The van der Waals surface area contributed by atoms with Crippen molar-refractivity contribution in [1.29, 1.82) is 0 Å². The van der Waals surface area contributed by atoms with Gasteiger partial charge in [-0.05, 0) is 146 Å². The van der Waals surface area contributed by atoms with Crippen LogP contribution < -0.4 is 0 Å². The first-order chi connectivity index (χ1) is 21.7. The van der Waals surface area contributed by atoms with Gasteiger partial charge in [-0.3, -0.25) is 0 Å². The molecule has 8 unspecified atom stereocenters. The van der Waals surface area contributed by atoms with Crippen LogP contribution >= 0.6 is 0 Å². The second-order valence-corrected chi connectivity index (χ2v) is 21.5. The van der Waals surface area contributed by atoms with Crippen LogP contribution in [0.2, 0.25) is 0 Å². The zero-order valence-corrected chi connectivity index (χ0v) is 32.6. The van der Waals surface area contributed by atoms with Crippen LogP contribution in [0, 0.1) is 74.4 Å². The summed E-state index contributed by atoms with van der Waals surface area (Å²) in [6, 6.07) is 12.0. The van der Waals surface area contributed by atoms with Crippen LogP contribution in [0.15, 0.2) is 76.9 Å². The van der Waals surface area contributed by atoms with Crippen molar-refractivity contribution in [2.75, 3.05) is 0 Å². The molecule has 4 saturated carbocycles. The van der Waals surface area contributed by atoms with Crippen molar-refractivity contribution >= 4 is 0 Å². The fourth-order valence-electron chi connectivity index (χ4n) is 12.4. The van der Waals surface area contributed by atoms with Crippen molar-refractivity contribution in [3.8, 4) is 0 Å². The minimum Gasteiger partial charge on any atom is -0.0764 e. The molecule has 4 fully saturated rings. The van der Waals surface area contributed by atoms with Gasteiger partial charge in [0.1, 0.15) is 0 Å². The van der Waals surface area contributed by atoms with Gasteiger partial charge in [-0.2, -0.15) is 0 Å². The summed E-state index contributed by atoms with van der Waals surface area (Å²) in [6.45, 7) is 33.2. The van der Waals surface area contributed by atoms with Crippen LogP contribution in [0.25, 0.3) is 0 Å². The number of benzene rings is 1. The first kappa shape index (κ1) is 33.7. The molecule has 0 heteroatoms. The molecule has 0 N–H and O–H groups in total. The molecule has 0 nitrogen and oxygen atoms in total. The summed E-state index contributed by atoms with van der Waals surface area (Å²) in [6.07, 6.45) is 19.5. The smallest absolute Gasteiger partial charge is 0.000451 e. The summed E-state index contributed by atoms with van der Waals surface area (Å²) < 4.78 is 0. The largest absolute Gasteiger partial charge is 0.0764 e. The molecule has 6 aliphatic rings. The fourth-order valence-corrected chi connectivity index (χ4v) is 12.4. The molecule has 0 heterocycles. The Balaban J connectivity index is 1.48. The van der Waals surface area contributed by atoms with E-state index < -0.39 is 0 Å². The lowest BCUT2D eigenvalue weighted by Crippen LogP contribution is -2.46. The second-order valence-electron chi connectivity index (χ2n) is 21.5. The summed E-state index contributed by atoms with van der Waals surface area (Å²) in [5.41, 5.74) is 9.78. The number of hydrogen-bond donors (Lipinski definition) is 0. The molecule has 8 atom stereocenters. The van der Waals surface area contributed by atoms with Gasteiger partial charge in [-0.15, -0.1) is 0 Å². The highest BCUT2D eigenvalue weighted by atomic mass is 14.7. The lowest BCUT2D eigenvalue weighted by Gasteiger charge is -2.51. The van der Waals surface area contributed by atoms with E-state index in [-0.39, 0.29) is 27.1 Å². The predicted molar refractivity (Wildman–Crippen MR) is 202 cm³/mol. The van der Waals surface area contributed by atoms with Gasteiger partial charge >= 0.3 is 0 Å². The molecular weight excluding hydrogens is 565 g/mol. The molecule has 0 spiro atoms. The topological polar surface area (TPSA) is 0 Å². The molecule has 256 valence electrons. The number of fused-ring (bicyclic) bond motifs is 5. The Labute approximate surface area is 290 Å². The van der Waals surface area contributed by atoms with E-state index in [2.05, 4.69) is 145 Å². The third-order valence-corrected chi connectivity index (χ3v) is 15.8. The lowest BCUT2D eigenvalue weighted by molar-refractivity contribution is 0.105. The van der Waals surface area contributed by atoms with E-state index in [0.29, 0.717) is 40.9 Å². The zero-order chi connectivity index (χ0) is 34.1. The Bertz CT molecular complexity index is 1450. The first-order valence-electron chi connectivity index (χ1n) is 19.6. The SMILES string of the molecule is CC1CC(C(C)(C)C)CC1C(C)(c1ccccc1)C1C2C=C3C(=CC2C2C=C4C(=CC21)C(C)(C)CCC4(C)C)C(C)(C)CCC3(C)C. The van der Waals surface area contributed by atoms with Gasteiger partial charge in [-0.25, -0.2) is 0 Å². The molecule has 47 heavy (non-hydrogen) atoms. The second kappa shape index (κ2) is 10.6. The normalized spacial score (nSPS) is 39.2. The van der Waals surface area contributed by atoms with E-state index in [1.54, 1.807) is 27.9 Å². The standard InChI is InChI=1S/C47H68/c1-29-23-31(42(2,3)4)24-36(29)47(13,30-17-15-14-16-18-30)41-34-27-39-37(43(5,6)19-21-45(39,9)10)25-32(34)33-26-38-40(28-35(33)41)46(11,12)22-20-44(38,7)8/h14-18,25-29,31-36,41H,19-24H2,1-13H3. The Morgan fingerprint density at radius 1 is 0.532 bits per heavy atom. The highest BCUT2D eigenvalue weighted by Gasteiger charge is 2.62. The number of hydrogen-bond acceptors (Lipinski definition) is 0. The molecule has 7 rings (SSSR count). The molecule has 1 aromatic rings.